The average Bonchev–Trinajstić information content (AvgIpc) is 2.74. The molecule has 2 bridgehead atoms. The second-order valence-corrected chi connectivity index (χ2v) is 25.9. The fourth-order valence-corrected chi connectivity index (χ4v) is 7.29. The molecule has 0 aromatic carbocycles. The number of rotatable bonds is 14. The summed E-state index contributed by atoms with van der Waals surface area (Å²) in [5.41, 5.74) is -1.07. The molecule has 1 fully saturated rings. The van der Waals surface area contributed by atoms with Crippen LogP contribution in [-0.2, 0) is 13.9 Å². The van der Waals surface area contributed by atoms with Crippen molar-refractivity contribution >= 4 is 16.4 Å². The lowest BCUT2D eigenvalue weighted by Gasteiger charge is -2.57. The van der Waals surface area contributed by atoms with Gasteiger partial charge in [0, 0.05) is 26.7 Å². The molecular formula is C31H60O4Si2. The number of aliphatic hydroxyl groups is 1. The lowest BCUT2D eigenvalue weighted by atomic mass is 9.51. The Labute approximate surface area is 231 Å². The molecular weight excluding hydrogens is 493 g/mol. The van der Waals surface area contributed by atoms with Crippen LogP contribution in [0.25, 0.3) is 0 Å². The highest BCUT2D eigenvalue weighted by Gasteiger charge is 2.55. The zero-order valence-electron chi connectivity index (χ0n) is 26.3. The molecule has 0 spiro atoms. The molecule has 0 saturated heterocycles. The molecule has 0 heterocycles. The first kappa shape index (κ1) is 33.0. The molecule has 6 heteroatoms. The fraction of sp³-hybridized carbons (Fsp3) is 0.871. The molecule has 0 amide bonds. The van der Waals surface area contributed by atoms with Gasteiger partial charge in [0.25, 0.3) is 0 Å². The molecule has 4 nitrogen and oxygen atoms in total. The Morgan fingerprint density at radius 3 is 2.22 bits per heavy atom. The Hall–Kier alpha value is -0.246. The Morgan fingerprint density at radius 1 is 1.03 bits per heavy atom. The van der Waals surface area contributed by atoms with E-state index >= 15 is 0 Å². The maximum absolute atomic E-state index is 11.9. The standard InChI is InChI=1S/C31H60O4Si2/c1-24(2)28(22-35-37(11,12)29(4,5)6)27-20-30(7)15-14-26(27)19-31(30,32)16-13-25(3)21-34-23-33-17-18-36(8,9)10/h13-16,24-28,32H,17-23H2,1-12H3/b16-13+/t25-,26+,27+,28+,30+,31+/m0/s1. The zero-order chi connectivity index (χ0) is 28.3. The SMILES string of the molecule is CC(C)[C@@H](CO[Si](C)(C)C(C)(C)C)[C@@H]1C[C@@]2(C)C=C[C@@H]1C[C@]2(O)/C=C/[C@H](C)COCOCC[Si](C)(C)C. The molecule has 3 rings (SSSR count). The first-order valence-electron chi connectivity index (χ1n) is 14.7. The highest BCUT2D eigenvalue weighted by molar-refractivity contribution is 6.76. The molecule has 6 atom stereocenters. The number of ether oxygens (including phenoxy) is 2. The quantitative estimate of drug-likeness (QED) is 0.102. The summed E-state index contributed by atoms with van der Waals surface area (Å²) in [5, 5.41) is 12.1. The summed E-state index contributed by atoms with van der Waals surface area (Å²) in [7, 11) is -2.86. The highest BCUT2D eigenvalue weighted by atomic mass is 28.4. The summed E-state index contributed by atoms with van der Waals surface area (Å²) >= 11 is 0. The van der Waals surface area contributed by atoms with E-state index in [1.807, 2.05) is 0 Å². The van der Waals surface area contributed by atoms with E-state index in [0.717, 1.165) is 32.1 Å². The van der Waals surface area contributed by atoms with E-state index in [2.05, 4.69) is 106 Å². The maximum atomic E-state index is 11.9. The molecule has 0 radical (unpaired) electrons. The van der Waals surface area contributed by atoms with Crippen molar-refractivity contribution in [2.75, 3.05) is 26.6 Å². The zero-order valence-corrected chi connectivity index (χ0v) is 28.3. The van der Waals surface area contributed by atoms with Gasteiger partial charge in [-0.3, -0.25) is 0 Å². The van der Waals surface area contributed by atoms with Gasteiger partial charge in [-0.1, -0.05) is 92.4 Å². The summed E-state index contributed by atoms with van der Waals surface area (Å²) in [6, 6.07) is 1.16. The Balaban J connectivity index is 1.97. The highest BCUT2D eigenvalue weighted by Crippen LogP contribution is 2.57. The monoisotopic (exact) mass is 552 g/mol. The van der Waals surface area contributed by atoms with Crippen LogP contribution in [0.3, 0.4) is 0 Å². The number of hydrogen-bond donors (Lipinski definition) is 1. The van der Waals surface area contributed by atoms with Crippen LogP contribution in [-0.4, -0.2) is 53.7 Å². The van der Waals surface area contributed by atoms with Crippen molar-refractivity contribution in [3.05, 3.63) is 24.3 Å². The van der Waals surface area contributed by atoms with Crippen molar-refractivity contribution in [3.8, 4) is 0 Å². The lowest BCUT2D eigenvalue weighted by Crippen LogP contribution is -2.56. The van der Waals surface area contributed by atoms with Crippen LogP contribution in [0, 0.1) is 35.0 Å². The van der Waals surface area contributed by atoms with Crippen LogP contribution >= 0.6 is 0 Å². The molecule has 37 heavy (non-hydrogen) atoms. The third kappa shape index (κ3) is 8.87. The summed E-state index contributed by atoms with van der Waals surface area (Å²) in [4.78, 5) is 0. The largest absolute Gasteiger partial charge is 0.417 e. The molecule has 0 unspecified atom stereocenters. The van der Waals surface area contributed by atoms with Crippen molar-refractivity contribution < 1.29 is 19.0 Å². The van der Waals surface area contributed by atoms with Crippen LogP contribution in [0.4, 0.5) is 0 Å². The Bertz CT molecular complexity index is 779. The molecule has 1 saturated carbocycles. The van der Waals surface area contributed by atoms with Gasteiger partial charge in [0.1, 0.15) is 6.79 Å². The third-order valence-corrected chi connectivity index (χ3v) is 15.8. The molecule has 3 aliphatic rings. The normalized spacial score (nSPS) is 30.4. The van der Waals surface area contributed by atoms with Gasteiger partial charge in [0.2, 0.25) is 0 Å². The van der Waals surface area contributed by atoms with E-state index in [-0.39, 0.29) is 16.4 Å². The van der Waals surface area contributed by atoms with Crippen LogP contribution in [0.5, 0.6) is 0 Å². The van der Waals surface area contributed by atoms with Gasteiger partial charge in [0.05, 0.1) is 12.2 Å². The molecule has 0 aromatic heterocycles. The van der Waals surface area contributed by atoms with E-state index in [4.69, 9.17) is 13.9 Å². The van der Waals surface area contributed by atoms with Gasteiger partial charge >= 0.3 is 0 Å². The predicted molar refractivity (Wildman–Crippen MR) is 163 cm³/mol. The molecule has 1 N–H and O–H groups in total. The first-order chi connectivity index (χ1) is 16.8. The minimum atomic E-state index is -1.80. The summed E-state index contributed by atoms with van der Waals surface area (Å²) < 4.78 is 18.2. The Kier molecular flexibility index (Phi) is 11.1. The van der Waals surface area contributed by atoms with Crippen LogP contribution in [0.2, 0.25) is 43.8 Å². The predicted octanol–water partition coefficient (Wildman–Crippen LogP) is 8.14. The van der Waals surface area contributed by atoms with Crippen molar-refractivity contribution in [2.45, 2.75) is 111 Å². The van der Waals surface area contributed by atoms with Gasteiger partial charge in [-0.2, -0.15) is 0 Å². The minimum Gasteiger partial charge on any atom is -0.417 e. The van der Waals surface area contributed by atoms with E-state index in [1.54, 1.807) is 0 Å². The van der Waals surface area contributed by atoms with Gasteiger partial charge < -0.3 is 19.0 Å². The van der Waals surface area contributed by atoms with Crippen molar-refractivity contribution in [2.24, 2.45) is 35.0 Å². The third-order valence-electron chi connectivity index (χ3n) is 9.55. The number of hydrogen-bond acceptors (Lipinski definition) is 4. The van der Waals surface area contributed by atoms with E-state index < -0.39 is 22.0 Å². The van der Waals surface area contributed by atoms with Crippen molar-refractivity contribution in [1.82, 2.24) is 0 Å². The van der Waals surface area contributed by atoms with Crippen LogP contribution in [0.1, 0.15) is 61.3 Å². The Morgan fingerprint density at radius 2 is 1.68 bits per heavy atom. The van der Waals surface area contributed by atoms with E-state index in [1.165, 1.54) is 0 Å². The minimum absolute atomic E-state index is 0.220. The van der Waals surface area contributed by atoms with Gasteiger partial charge in [-0.05, 0) is 66.6 Å². The summed E-state index contributed by atoms with van der Waals surface area (Å²) in [6.07, 6.45) is 10.7. The van der Waals surface area contributed by atoms with Gasteiger partial charge in [-0.25, -0.2) is 0 Å². The average molecular weight is 553 g/mol. The molecule has 216 valence electrons. The smallest absolute Gasteiger partial charge is 0.191 e. The van der Waals surface area contributed by atoms with Gasteiger partial charge in [-0.15, -0.1) is 0 Å². The first-order valence-corrected chi connectivity index (χ1v) is 21.3. The number of fused-ring (bicyclic) bond motifs is 2. The second-order valence-electron chi connectivity index (χ2n) is 15.5. The molecule has 0 aromatic rings. The molecule has 0 aliphatic heterocycles. The van der Waals surface area contributed by atoms with E-state index in [9.17, 15) is 5.11 Å². The topological polar surface area (TPSA) is 47.9 Å². The summed E-state index contributed by atoms with van der Waals surface area (Å²) in [5.74, 6) is 2.22. The van der Waals surface area contributed by atoms with Crippen LogP contribution in [0.15, 0.2) is 24.3 Å². The maximum Gasteiger partial charge on any atom is 0.191 e. The molecule has 3 aliphatic carbocycles. The van der Waals surface area contributed by atoms with Gasteiger partial charge in [0.15, 0.2) is 8.32 Å². The van der Waals surface area contributed by atoms with Crippen LogP contribution < -0.4 is 0 Å². The van der Waals surface area contributed by atoms with Crippen molar-refractivity contribution in [1.29, 1.82) is 0 Å². The summed E-state index contributed by atoms with van der Waals surface area (Å²) in [6.45, 7) is 30.4. The fourth-order valence-electron chi connectivity index (χ4n) is 5.49. The number of allylic oxidation sites excluding steroid dienone is 1. The lowest BCUT2D eigenvalue weighted by molar-refractivity contribution is -0.0997. The van der Waals surface area contributed by atoms with Crippen molar-refractivity contribution in [3.63, 3.8) is 0 Å². The second kappa shape index (κ2) is 12.5. The van der Waals surface area contributed by atoms with E-state index in [0.29, 0.717) is 37.1 Å².